The largest absolute Gasteiger partial charge is 0.390 e. The summed E-state index contributed by atoms with van der Waals surface area (Å²) in [5, 5.41) is 9.77. The Kier molecular flexibility index (Phi) is 4.91. The highest BCUT2D eigenvalue weighted by Gasteiger charge is 2.35. The van der Waals surface area contributed by atoms with Crippen LogP contribution in [0.3, 0.4) is 0 Å². The Balaban J connectivity index is 2.46. The van der Waals surface area contributed by atoms with Gasteiger partial charge < -0.3 is 5.11 Å². The highest BCUT2D eigenvalue weighted by molar-refractivity contribution is 7.91. The molecule has 3 nitrogen and oxygen atoms in total. The van der Waals surface area contributed by atoms with Crippen LogP contribution in [-0.4, -0.2) is 36.8 Å². The van der Waals surface area contributed by atoms with Gasteiger partial charge >= 0.3 is 6.18 Å². The summed E-state index contributed by atoms with van der Waals surface area (Å²) in [5.41, 5.74) is -1.19. The average Bonchev–Trinajstić information content (AvgIpc) is 2.29. The molecule has 0 aliphatic heterocycles. The molecule has 0 aromatic rings. The van der Waals surface area contributed by atoms with Gasteiger partial charge in [-0.2, -0.15) is 13.2 Å². The summed E-state index contributed by atoms with van der Waals surface area (Å²) in [6, 6.07) is 0. The Morgan fingerprint density at radius 1 is 1.32 bits per heavy atom. The molecule has 0 bridgehead atoms. The molecule has 1 aliphatic rings. The van der Waals surface area contributed by atoms with Crippen LogP contribution in [0.5, 0.6) is 0 Å². The molecule has 1 fully saturated rings. The van der Waals surface area contributed by atoms with Gasteiger partial charge in [0, 0.05) is 0 Å². The van der Waals surface area contributed by atoms with E-state index in [0.717, 1.165) is 0 Å². The first kappa shape index (κ1) is 16.3. The van der Waals surface area contributed by atoms with Gasteiger partial charge in [-0.15, -0.1) is 6.42 Å². The molecule has 1 N–H and O–H groups in total. The number of alkyl halides is 3. The van der Waals surface area contributed by atoms with Crippen molar-refractivity contribution >= 4 is 9.84 Å². The number of aliphatic hydroxyl groups is 1. The van der Waals surface area contributed by atoms with Crippen molar-refractivity contribution in [3.05, 3.63) is 0 Å². The Bertz CT molecular complexity index is 440. The van der Waals surface area contributed by atoms with Crippen LogP contribution in [0.15, 0.2) is 0 Å². The zero-order valence-corrected chi connectivity index (χ0v) is 11.2. The second-order valence-electron chi connectivity index (χ2n) is 5.10. The van der Waals surface area contributed by atoms with E-state index in [9.17, 15) is 26.7 Å². The van der Waals surface area contributed by atoms with Gasteiger partial charge in [0.25, 0.3) is 0 Å². The topological polar surface area (TPSA) is 54.4 Å². The van der Waals surface area contributed by atoms with E-state index in [-0.39, 0.29) is 11.7 Å². The summed E-state index contributed by atoms with van der Waals surface area (Å²) < 4.78 is 59.1. The Morgan fingerprint density at radius 2 is 1.84 bits per heavy atom. The minimum absolute atomic E-state index is 0.216. The maximum absolute atomic E-state index is 12.0. The van der Waals surface area contributed by atoms with Gasteiger partial charge in [-0.05, 0) is 31.6 Å². The van der Waals surface area contributed by atoms with Crippen molar-refractivity contribution in [2.45, 2.75) is 43.9 Å². The molecule has 0 radical (unpaired) electrons. The van der Waals surface area contributed by atoms with Crippen molar-refractivity contribution < 1.29 is 26.7 Å². The molecular weight excluding hydrogens is 281 g/mol. The van der Waals surface area contributed by atoms with Crippen LogP contribution in [0.1, 0.15) is 32.1 Å². The molecule has 1 rings (SSSR count). The fourth-order valence-corrected chi connectivity index (χ4v) is 3.94. The minimum atomic E-state index is -4.46. The summed E-state index contributed by atoms with van der Waals surface area (Å²) in [7, 11) is -3.71. The van der Waals surface area contributed by atoms with Crippen molar-refractivity contribution in [3.63, 3.8) is 0 Å². The van der Waals surface area contributed by atoms with Crippen molar-refractivity contribution in [2.24, 2.45) is 5.92 Å². The van der Waals surface area contributed by atoms with E-state index >= 15 is 0 Å². The molecule has 0 saturated heterocycles. The number of sulfone groups is 1. The second kappa shape index (κ2) is 5.71. The molecule has 0 amide bonds. The van der Waals surface area contributed by atoms with Gasteiger partial charge in [0.1, 0.15) is 5.60 Å². The first-order valence-corrected chi connectivity index (χ1v) is 7.85. The van der Waals surface area contributed by atoms with Gasteiger partial charge in [-0.1, -0.05) is 5.92 Å². The van der Waals surface area contributed by atoms with Crippen molar-refractivity contribution in [2.75, 3.05) is 11.5 Å². The molecule has 0 aromatic carbocycles. The Labute approximate surface area is 111 Å². The lowest BCUT2D eigenvalue weighted by molar-refractivity contribution is -0.129. The standard InChI is InChI=1S/C12H17F3O3S/c1-2-11(16)5-3-10(4-6-11)9-19(17,18)8-7-12(13,14)15/h1,10,16H,3-9H2. The summed E-state index contributed by atoms with van der Waals surface area (Å²) in [6.07, 6.45) is 0.833. The van der Waals surface area contributed by atoms with Gasteiger partial charge in [-0.3, -0.25) is 0 Å². The highest BCUT2D eigenvalue weighted by atomic mass is 32.2. The predicted octanol–water partition coefficient (Wildman–Crippen LogP) is 1.91. The highest BCUT2D eigenvalue weighted by Crippen LogP contribution is 2.32. The van der Waals surface area contributed by atoms with Crippen molar-refractivity contribution in [1.29, 1.82) is 0 Å². The smallest absolute Gasteiger partial charge is 0.378 e. The lowest BCUT2D eigenvalue weighted by Crippen LogP contribution is -2.34. The third kappa shape index (κ3) is 5.83. The van der Waals surface area contributed by atoms with E-state index in [1.165, 1.54) is 0 Å². The van der Waals surface area contributed by atoms with E-state index in [1.807, 2.05) is 0 Å². The SMILES string of the molecule is C#CC1(O)CCC(CS(=O)(=O)CCC(F)(F)F)CC1. The summed E-state index contributed by atoms with van der Waals surface area (Å²) >= 11 is 0. The number of rotatable bonds is 4. The predicted molar refractivity (Wildman–Crippen MR) is 65.1 cm³/mol. The lowest BCUT2D eigenvalue weighted by atomic mass is 9.80. The molecule has 1 saturated carbocycles. The number of terminal acetylenes is 1. The van der Waals surface area contributed by atoms with Crippen LogP contribution >= 0.6 is 0 Å². The molecule has 0 heterocycles. The second-order valence-corrected chi connectivity index (χ2v) is 7.33. The normalized spacial score (nSPS) is 28.9. The molecular formula is C12H17F3O3S. The first-order valence-electron chi connectivity index (χ1n) is 6.03. The molecule has 1 aliphatic carbocycles. The zero-order valence-electron chi connectivity index (χ0n) is 10.4. The minimum Gasteiger partial charge on any atom is -0.378 e. The van der Waals surface area contributed by atoms with E-state index < -0.39 is 33.8 Å². The number of halogens is 3. The van der Waals surface area contributed by atoms with E-state index in [0.29, 0.717) is 25.7 Å². The van der Waals surface area contributed by atoms with E-state index in [4.69, 9.17) is 6.42 Å². The van der Waals surface area contributed by atoms with Gasteiger partial charge in [0.15, 0.2) is 9.84 Å². The molecule has 0 unspecified atom stereocenters. The van der Waals surface area contributed by atoms with Crippen LogP contribution in [0.4, 0.5) is 13.2 Å². The van der Waals surface area contributed by atoms with E-state index in [1.54, 1.807) is 0 Å². The Hall–Kier alpha value is -0.740. The summed E-state index contributed by atoms with van der Waals surface area (Å²) in [6.45, 7) is 0. The lowest BCUT2D eigenvalue weighted by Gasteiger charge is -2.31. The third-order valence-electron chi connectivity index (χ3n) is 3.39. The molecule has 19 heavy (non-hydrogen) atoms. The fourth-order valence-electron chi connectivity index (χ4n) is 2.18. The summed E-state index contributed by atoms with van der Waals surface area (Å²) in [4.78, 5) is 0. The van der Waals surface area contributed by atoms with Gasteiger partial charge in [-0.25, -0.2) is 8.42 Å². The maximum Gasteiger partial charge on any atom is 0.390 e. The fraction of sp³-hybridized carbons (Fsp3) is 0.833. The number of hydrogen-bond acceptors (Lipinski definition) is 3. The van der Waals surface area contributed by atoms with Crippen molar-refractivity contribution in [3.8, 4) is 12.3 Å². The Morgan fingerprint density at radius 3 is 2.26 bits per heavy atom. The first-order chi connectivity index (χ1) is 8.55. The summed E-state index contributed by atoms with van der Waals surface area (Å²) in [5.74, 6) is 0.921. The molecule has 0 atom stereocenters. The van der Waals surface area contributed by atoms with Crippen LogP contribution in [0.2, 0.25) is 0 Å². The number of hydrogen-bond donors (Lipinski definition) is 1. The maximum atomic E-state index is 12.0. The van der Waals surface area contributed by atoms with Crippen LogP contribution in [-0.2, 0) is 9.84 Å². The van der Waals surface area contributed by atoms with Crippen LogP contribution in [0.25, 0.3) is 0 Å². The zero-order chi connectivity index (χ0) is 14.7. The third-order valence-corrected chi connectivity index (χ3v) is 5.19. The molecule has 110 valence electrons. The average molecular weight is 298 g/mol. The van der Waals surface area contributed by atoms with Gasteiger partial charge in [0.2, 0.25) is 0 Å². The molecule has 7 heteroatoms. The molecule has 0 spiro atoms. The monoisotopic (exact) mass is 298 g/mol. The van der Waals surface area contributed by atoms with Crippen molar-refractivity contribution in [1.82, 2.24) is 0 Å². The molecule has 0 aromatic heterocycles. The van der Waals surface area contributed by atoms with Gasteiger partial charge in [0.05, 0.1) is 17.9 Å². The quantitative estimate of drug-likeness (QED) is 0.807. The van der Waals surface area contributed by atoms with Crippen LogP contribution < -0.4 is 0 Å². The van der Waals surface area contributed by atoms with E-state index in [2.05, 4.69) is 5.92 Å². The van der Waals surface area contributed by atoms with Crippen LogP contribution in [0, 0.1) is 18.3 Å².